The van der Waals surface area contributed by atoms with Gasteiger partial charge in [0.1, 0.15) is 17.4 Å². The third kappa shape index (κ3) is 2.78. The lowest BCUT2D eigenvalue weighted by atomic mass is 9.82. The summed E-state index contributed by atoms with van der Waals surface area (Å²) in [5.41, 5.74) is 8.47. The van der Waals surface area contributed by atoms with E-state index in [1.165, 1.54) is 6.07 Å². The number of aromatic amines is 1. The summed E-state index contributed by atoms with van der Waals surface area (Å²) in [6, 6.07) is 14.5. The van der Waals surface area contributed by atoms with E-state index in [0.717, 1.165) is 5.56 Å². The van der Waals surface area contributed by atoms with E-state index in [4.69, 9.17) is 33.7 Å². The van der Waals surface area contributed by atoms with E-state index in [1.807, 2.05) is 30.3 Å². The number of phenols is 1. The highest BCUT2D eigenvalue weighted by Gasteiger charge is 2.37. The van der Waals surface area contributed by atoms with Crippen LogP contribution < -0.4 is 10.5 Å². The highest BCUT2D eigenvalue weighted by atomic mass is 35.5. The van der Waals surface area contributed by atoms with Crippen LogP contribution in [-0.4, -0.2) is 15.3 Å². The molecule has 0 spiro atoms. The third-order valence-electron chi connectivity index (χ3n) is 4.37. The van der Waals surface area contributed by atoms with Crippen molar-refractivity contribution in [2.24, 2.45) is 5.73 Å². The van der Waals surface area contributed by atoms with Gasteiger partial charge in [-0.15, -0.1) is 5.10 Å². The van der Waals surface area contributed by atoms with Gasteiger partial charge >= 0.3 is 0 Å². The Balaban J connectivity index is 2.02. The van der Waals surface area contributed by atoms with Gasteiger partial charge in [0.2, 0.25) is 11.8 Å². The van der Waals surface area contributed by atoms with Gasteiger partial charge in [0, 0.05) is 10.6 Å². The molecule has 0 amide bonds. The molecule has 4 N–H and O–H groups in total. The van der Waals surface area contributed by atoms with E-state index < -0.39 is 5.92 Å². The average molecular weight is 399 g/mol. The summed E-state index contributed by atoms with van der Waals surface area (Å²) in [5, 5.41) is 27.8. The number of halogens is 2. The number of nitrogens with zero attached hydrogens (tertiary/aromatic N) is 2. The van der Waals surface area contributed by atoms with E-state index >= 15 is 0 Å². The van der Waals surface area contributed by atoms with E-state index in [-0.39, 0.29) is 28.1 Å². The molecule has 1 unspecified atom stereocenters. The zero-order valence-corrected chi connectivity index (χ0v) is 15.2. The number of benzene rings is 2. The lowest BCUT2D eigenvalue weighted by molar-refractivity contribution is 0.377. The fraction of sp³-hybridized carbons (Fsp3) is 0.0526. The fourth-order valence-corrected chi connectivity index (χ4v) is 3.70. The number of rotatable bonds is 2. The number of hydrogen-bond donors (Lipinski definition) is 3. The van der Waals surface area contributed by atoms with Gasteiger partial charge in [-0.2, -0.15) is 5.26 Å². The Morgan fingerprint density at radius 3 is 2.67 bits per heavy atom. The molecule has 0 aliphatic carbocycles. The third-order valence-corrected chi connectivity index (χ3v) is 4.88. The first-order chi connectivity index (χ1) is 13.0. The smallest absolute Gasteiger partial charge is 0.244 e. The van der Waals surface area contributed by atoms with Gasteiger partial charge in [0.05, 0.1) is 22.2 Å². The van der Waals surface area contributed by atoms with Crippen LogP contribution in [0, 0.1) is 11.3 Å². The van der Waals surface area contributed by atoms with Gasteiger partial charge in [0.15, 0.2) is 0 Å². The Morgan fingerprint density at radius 1 is 1.22 bits per heavy atom. The molecule has 0 radical (unpaired) electrons. The number of aromatic hydroxyl groups is 1. The van der Waals surface area contributed by atoms with Gasteiger partial charge in [0.25, 0.3) is 0 Å². The minimum absolute atomic E-state index is 0.0751. The Morgan fingerprint density at radius 2 is 1.96 bits per heavy atom. The van der Waals surface area contributed by atoms with Gasteiger partial charge in [-0.05, 0) is 17.7 Å². The second-order valence-electron chi connectivity index (χ2n) is 5.93. The summed E-state index contributed by atoms with van der Waals surface area (Å²) in [6.45, 7) is 0. The molecule has 1 aromatic heterocycles. The van der Waals surface area contributed by atoms with Crippen LogP contribution in [0.5, 0.6) is 11.6 Å². The number of aromatic nitrogens is 2. The number of fused-ring (bicyclic) bond motifs is 1. The Labute approximate surface area is 164 Å². The Kier molecular flexibility index (Phi) is 4.19. The predicted octanol–water partition coefficient (Wildman–Crippen LogP) is 4.31. The molecule has 0 saturated carbocycles. The summed E-state index contributed by atoms with van der Waals surface area (Å²) in [4.78, 5) is 0. The number of ether oxygens (including phenoxy) is 1. The van der Waals surface area contributed by atoms with Crippen LogP contribution in [0.2, 0.25) is 10.0 Å². The van der Waals surface area contributed by atoms with Crippen LogP contribution in [0.3, 0.4) is 0 Å². The highest BCUT2D eigenvalue weighted by Crippen LogP contribution is 2.49. The fourth-order valence-electron chi connectivity index (χ4n) is 3.19. The van der Waals surface area contributed by atoms with Crippen LogP contribution in [0.25, 0.3) is 11.3 Å². The van der Waals surface area contributed by atoms with E-state index in [9.17, 15) is 10.4 Å². The maximum atomic E-state index is 10.6. The van der Waals surface area contributed by atoms with Crippen molar-refractivity contribution in [3.8, 4) is 29.0 Å². The predicted molar refractivity (Wildman–Crippen MR) is 101 cm³/mol. The molecule has 1 aliphatic rings. The first-order valence-corrected chi connectivity index (χ1v) is 8.66. The summed E-state index contributed by atoms with van der Waals surface area (Å²) in [6.07, 6.45) is 0. The lowest BCUT2D eigenvalue weighted by Gasteiger charge is -2.25. The molecule has 0 fully saturated rings. The maximum absolute atomic E-state index is 10.6. The van der Waals surface area contributed by atoms with Crippen molar-refractivity contribution < 1.29 is 9.84 Å². The molecule has 1 atom stereocenters. The number of H-pyrrole nitrogens is 1. The zero-order valence-electron chi connectivity index (χ0n) is 13.7. The molecule has 4 rings (SSSR count). The van der Waals surface area contributed by atoms with E-state index in [1.54, 1.807) is 6.07 Å². The molecule has 0 bridgehead atoms. The zero-order chi connectivity index (χ0) is 19.1. The van der Waals surface area contributed by atoms with Gasteiger partial charge in [-0.25, -0.2) is 0 Å². The number of phenolic OH excluding ortho intramolecular Hbond substituents is 1. The van der Waals surface area contributed by atoms with Crippen LogP contribution in [-0.2, 0) is 0 Å². The summed E-state index contributed by atoms with van der Waals surface area (Å²) >= 11 is 12.3. The summed E-state index contributed by atoms with van der Waals surface area (Å²) in [5.74, 6) is -0.786. The minimum atomic E-state index is -0.746. The second-order valence-corrected chi connectivity index (χ2v) is 6.78. The van der Waals surface area contributed by atoms with Crippen LogP contribution in [0.15, 0.2) is 53.9 Å². The Hall–Kier alpha value is -3.14. The molecule has 2 aromatic carbocycles. The molecule has 6 nitrogen and oxygen atoms in total. The number of nitrogens with two attached hydrogens (primary N) is 1. The van der Waals surface area contributed by atoms with Crippen molar-refractivity contribution in [3.05, 3.63) is 75.1 Å². The largest absolute Gasteiger partial charge is 0.506 e. The number of hydrogen-bond acceptors (Lipinski definition) is 5. The molecule has 27 heavy (non-hydrogen) atoms. The average Bonchev–Trinajstić information content (AvgIpc) is 3.07. The molecular weight excluding hydrogens is 387 g/mol. The monoisotopic (exact) mass is 398 g/mol. The van der Waals surface area contributed by atoms with E-state index in [0.29, 0.717) is 21.8 Å². The first kappa shape index (κ1) is 17.3. The first-order valence-electron chi connectivity index (χ1n) is 7.90. The topological polar surface area (TPSA) is 108 Å². The van der Waals surface area contributed by atoms with Crippen molar-refractivity contribution in [2.45, 2.75) is 5.92 Å². The Bertz CT molecular complexity index is 1120. The van der Waals surface area contributed by atoms with Crippen molar-refractivity contribution in [1.29, 1.82) is 5.26 Å². The molecule has 3 aromatic rings. The van der Waals surface area contributed by atoms with E-state index in [2.05, 4.69) is 16.3 Å². The van der Waals surface area contributed by atoms with Crippen LogP contribution in [0.4, 0.5) is 0 Å². The molecule has 8 heteroatoms. The molecule has 1 aliphatic heterocycles. The molecule has 2 heterocycles. The van der Waals surface area contributed by atoms with Crippen molar-refractivity contribution in [1.82, 2.24) is 10.2 Å². The lowest BCUT2D eigenvalue weighted by Crippen LogP contribution is -2.21. The van der Waals surface area contributed by atoms with Crippen molar-refractivity contribution in [3.63, 3.8) is 0 Å². The van der Waals surface area contributed by atoms with Crippen LogP contribution in [0.1, 0.15) is 17.0 Å². The normalized spacial score (nSPS) is 15.8. The SMILES string of the molecule is N#CC1=C(N)Oc2n[nH]c(-c3ccccc3)c2C1c1cc(Cl)cc(Cl)c1O. The maximum Gasteiger partial charge on any atom is 0.244 e. The van der Waals surface area contributed by atoms with Gasteiger partial charge < -0.3 is 15.6 Å². The summed E-state index contributed by atoms with van der Waals surface area (Å²) in [7, 11) is 0. The quantitative estimate of drug-likeness (QED) is 0.595. The molecule has 0 saturated heterocycles. The number of nitrogens with one attached hydrogen (secondary N) is 1. The van der Waals surface area contributed by atoms with Crippen LogP contribution >= 0.6 is 23.2 Å². The van der Waals surface area contributed by atoms with Gasteiger partial charge in [-0.1, -0.05) is 53.5 Å². The second kappa shape index (κ2) is 6.54. The van der Waals surface area contributed by atoms with Crippen molar-refractivity contribution >= 4 is 23.2 Å². The molecule has 134 valence electrons. The van der Waals surface area contributed by atoms with Crippen molar-refractivity contribution in [2.75, 3.05) is 0 Å². The minimum Gasteiger partial charge on any atom is -0.506 e. The highest BCUT2D eigenvalue weighted by molar-refractivity contribution is 6.35. The standard InChI is InChI=1S/C19H12Cl2N4O2/c20-10-6-11(17(26)13(21)7-10)14-12(8-22)18(23)27-19-15(14)16(24-25-19)9-4-2-1-3-5-9/h1-7,14,26H,23H2,(H,24,25). The summed E-state index contributed by atoms with van der Waals surface area (Å²) < 4.78 is 5.53. The molecular formula is C19H12Cl2N4O2. The number of nitriles is 1. The van der Waals surface area contributed by atoms with Gasteiger partial charge in [-0.3, -0.25) is 5.10 Å². The number of allylic oxidation sites excluding steroid dienone is 1.